The molecule has 0 amide bonds. The van der Waals surface area contributed by atoms with E-state index in [2.05, 4.69) is 45.2 Å². The van der Waals surface area contributed by atoms with Crippen molar-refractivity contribution >= 4 is 27.5 Å². The summed E-state index contributed by atoms with van der Waals surface area (Å²) in [7, 11) is 0. The van der Waals surface area contributed by atoms with Gasteiger partial charge in [0.15, 0.2) is 0 Å². The van der Waals surface area contributed by atoms with E-state index >= 15 is 0 Å². The van der Waals surface area contributed by atoms with Crippen molar-refractivity contribution in [1.29, 1.82) is 0 Å². The molecule has 1 saturated heterocycles. The number of halogens is 2. The zero-order chi connectivity index (χ0) is 14.4. The normalized spacial score (nSPS) is 19.5. The van der Waals surface area contributed by atoms with Gasteiger partial charge < -0.3 is 5.32 Å². The SMILES string of the molecule is CCCN(Cc1ccc(Cl)c(Br)c1)CC1CCCNC1. The van der Waals surface area contributed by atoms with Crippen LogP contribution in [0.25, 0.3) is 0 Å². The lowest BCUT2D eigenvalue weighted by molar-refractivity contribution is 0.201. The molecule has 0 saturated carbocycles. The number of nitrogens with one attached hydrogen (secondary N) is 1. The maximum Gasteiger partial charge on any atom is 0.0548 e. The van der Waals surface area contributed by atoms with Crippen LogP contribution < -0.4 is 5.32 Å². The van der Waals surface area contributed by atoms with Gasteiger partial charge in [0.1, 0.15) is 0 Å². The number of hydrogen-bond donors (Lipinski definition) is 1. The molecule has 0 spiro atoms. The van der Waals surface area contributed by atoms with Gasteiger partial charge in [-0.05, 0) is 78.4 Å². The highest BCUT2D eigenvalue weighted by Gasteiger charge is 2.17. The fourth-order valence-corrected chi connectivity index (χ4v) is 3.44. The molecule has 1 unspecified atom stereocenters. The van der Waals surface area contributed by atoms with Gasteiger partial charge in [-0.25, -0.2) is 0 Å². The van der Waals surface area contributed by atoms with Gasteiger partial charge in [0.25, 0.3) is 0 Å². The van der Waals surface area contributed by atoms with Crippen molar-refractivity contribution in [2.75, 3.05) is 26.2 Å². The molecule has 1 aromatic carbocycles. The van der Waals surface area contributed by atoms with Crippen molar-refractivity contribution in [3.05, 3.63) is 33.3 Å². The maximum atomic E-state index is 6.07. The molecule has 1 N–H and O–H groups in total. The zero-order valence-electron chi connectivity index (χ0n) is 12.2. The highest BCUT2D eigenvalue weighted by Crippen LogP contribution is 2.24. The first-order chi connectivity index (χ1) is 9.69. The molecule has 2 rings (SSSR count). The number of hydrogen-bond acceptors (Lipinski definition) is 2. The Kier molecular flexibility index (Phi) is 6.82. The second-order valence-corrected chi connectivity index (χ2v) is 6.96. The molecule has 1 fully saturated rings. The average molecular weight is 360 g/mol. The highest BCUT2D eigenvalue weighted by molar-refractivity contribution is 9.10. The number of nitrogens with zero attached hydrogens (tertiary/aromatic N) is 1. The van der Waals surface area contributed by atoms with Gasteiger partial charge in [0.2, 0.25) is 0 Å². The third-order valence-corrected chi connectivity index (χ3v) is 5.06. The predicted molar refractivity (Wildman–Crippen MR) is 90.3 cm³/mol. The van der Waals surface area contributed by atoms with E-state index in [0.717, 1.165) is 28.5 Å². The summed E-state index contributed by atoms with van der Waals surface area (Å²) in [5, 5.41) is 4.30. The quantitative estimate of drug-likeness (QED) is 0.814. The predicted octanol–water partition coefficient (Wildman–Crippen LogP) is 4.31. The van der Waals surface area contributed by atoms with Crippen LogP contribution in [0.3, 0.4) is 0 Å². The second kappa shape index (κ2) is 8.38. The van der Waals surface area contributed by atoms with Gasteiger partial charge in [-0.2, -0.15) is 0 Å². The van der Waals surface area contributed by atoms with E-state index in [-0.39, 0.29) is 0 Å². The highest BCUT2D eigenvalue weighted by atomic mass is 79.9. The van der Waals surface area contributed by atoms with Gasteiger partial charge in [-0.3, -0.25) is 4.90 Å². The van der Waals surface area contributed by atoms with Gasteiger partial charge in [-0.15, -0.1) is 0 Å². The van der Waals surface area contributed by atoms with Crippen molar-refractivity contribution in [3.63, 3.8) is 0 Å². The Morgan fingerprint density at radius 1 is 1.45 bits per heavy atom. The Labute approximate surface area is 136 Å². The smallest absolute Gasteiger partial charge is 0.0548 e. The van der Waals surface area contributed by atoms with E-state index in [1.807, 2.05) is 6.07 Å². The van der Waals surface area contributed by atoms with Gasteiger partial charge in [-0.1, -0.05) is 24.6 Å². The van der Waals surface area contributed by atoms with E-state index in [0.29, 0.717) is 0 Å². The Balaban J connectivity index is 1.94. The van der Waals surface area contributed by atoms with Crippen LogP contribution in [0.15, 0.2) is 22.7 Å². The van der Waals surface area contributed by atoms with E-state index in [4.69, 9.17) is 11.6 Å². The molecule has 1 atom stereocenters. The molecule has 1 heterocycles. The van der Waals surface area contributed by atoms with Crippen molar-refractivity contribution in [2.45, 2.75) is 32.7 Å². The summed E-state index contributed by atoms with van der Waals surface area (Å²) in [5.41, 5.74) is 1.33. The van der Waals surface area contributed by atoms with Gasteiger partial charge in [0, 0.05) is 17.6 Å². The maximum absolute atomic E-state index is 6.07. The fraction of sp³-hybridized carbons (Fsp3) is 0.625. The van der Waals surface area contributed by atoms with E-state index in [1.165, 1.54) is 44.5 Å². The molecule has 0 aromatic heterocycles. The molecule has 2 nitrogen and oxygen atoms in total. The molecule has 20 heavy (non-hydrogen) atoms. The second-order valence-electron chi connectivity index (χ2n) is 5.70. The van der Waals surface area contributed by atoms with Crippen LogP contribution in [0.2, 0.25) is 5.02 Å². The third-order valence-electron chi connectivity index (χ3n) is 3.85. The first-order valence-electron chi connectivity index (χ1n) is 7.56. The molecular formula is C16H24BrClN2. The minimum absolute atomic E-state index is 0.785. The Morgan fingerprint density at radius 2 is 2.30 bits per heavy atom. The number of rotatable bonds is 6. The van der Waals surface area contributed by atoms with Crippen LogP contribution in [-0.2, 0) is 6.54 Å². The Bertz CT molecular complexity index is 419. The van der Waals surface area contributed by atoms with Crippen molar-refractivity contribution < 1.29 is 0 Å². The van der Waals surface area contributed by atoms with Crippen molar-refractivity contribution in [1.82, 2.24) is 10.2 Å². The van der Waals surface area contributed by atoms with Crippen molar-refractivity contribution in [2.24, 2.45) is 5.92 Å². The minimum atomic E-state index is 0.785. The van der Waals surface area contributed by atoms with E-state index in [1.54, 1.807) is 0 Å². The lowest BCUT2D eigenvalue weighted by Crippen LogP contribution is -2.38. The van der Waals surface area contributed by atoms with E-state index in [9.17, 15) is 0 Å². The Hall–Kier alpha value is -0.0900. The molecule has 1 aromatic rings. The third kappa shape index (κ3) is 5.03. The fourth-order valence-electron chi connectivity index (χ4n) is 2.89. The lowest BCUT2D eigenvalue weighted by atomic mass is 9.98. The molecule has 4 heteroatoms. The monoisotopic (exact) mass is 358 g/mol. The molecule has 1 aliphatic heterocycles. The van der Waals surface area contributed by atoms with Crippen molar-refractivity contribution in [3.8, 4) is 0 Å². The lowest BCUT2D eigenvalue weighted by Gasteiger charge is -2.30. The first kappa shape index (κ1) is 16.3. The van der Waals surface area contributed by atoms with E-state index < -0.39 is 0 Å². The van der Waals surface area contributed by atoms with Crippen LogP contribution in [-0.4, -0.2) is 31.1 Å². The molecule has 0 bridgehead atoms. The summed E-state index contributed by atoms with van der Waals surface area (Å²) in [6.45, 7) is 7.99. The zero-order valence-corrected chi connectivity index (χ0v) is 14.5. The standard InChI is InChI=1S/C16H24BrClN2/c1-2-8-20(12-14-4-3-7-19-10-14)11-13-5-6-16(18)15(17)9-13/h5-6,9,14,19H,2-4,7-8,10-12H2,1H3. The first-order valence-corrected chi connectivity index (χ1v) is 8.73. The largest absolute Gasteiger partial charge is 0.316 e. The molecule has 112 valence electrons. The minimum Gasteiger partial charge on any atom is -0.316 e. The summed E-state index contributed by atoms with van der Waals surface area (Å²) in [6.07, 6.45) is 3.88. The summed E-state index contributed by atoms with van der Waals surface area (Å²) in [5.74, 6) is 0.797. The summed E-state index contributed by atoms with van der Waals surface area (Å²) in [6, 6.07) is 6.26. The summed E-state index contributed by atoms with van der Waals surface area (Å²) < 4.78 is 0.993. The Morgan fingerprint density at radius 3 is 2.95 bits per heavy atom. The van der Waals surface area contributed by atoms with Gasteiger partial charge >= 0.3 is 0 Å². The molecule has 0 radical (unpaired) electrons. The average Bonchev–Trinajstić information content (AvgIpc) is 2.44. The number of benzene rings is 1. The molecular weight excluding hydrogens is 336 g/mol. The summed E-state index contributed by atoms with van der Waals surface area (Å²) >= 11 is 9.58. The molecule has 0 aliphatic carbocycles. The number of piperidine rings is 1. The van der Waals surface area contributed by atoms with Crippen LogP contribution >= 0.6 is 27.5 Å². The van der Waals surface area contributed by atoms with Crippen LogP contribution in [0, 0.1) is 5.92 Å². The topological polar surface area (TPSA) is 15.3 Å². The van der Waals surface area contributed by atoms with Crippen LogP contribution in [0.4, 0.5) is 0 Å². The summed E-state index contributed by atoms with van der Waals surface area (Å²) in [4.78, 5) is 2.58. The van der Waals surface area contributed by atoms with Crippen LogP contribution in [0.1, 0.15) is 31.7 Å². The van der Waals surface area contributed by atoms with Gasteiger partial charge in [0.05, 0.1) is 5.02 Å². The molecule has 1 aliphatic rings. The van der Waals surface area contributed by atoms with Crippen LogP contribution in [0.5, 0.6) is 0 Å².